The molecule has 1 N–H and O–H groups in total. The molecule has 2 saturated heterocycles. The lowest BCUT2D eigenvalue weighted by Gasteiger charge is -2.41. The molecule has 0 radical (unpaired) electrons. The Bertz CT molecular complexity index is 382. The summed E-state index contributed by atoms with van der Waals surface area (Å²) in [5.74, 6) is 0.527. The van der Waals surface area contributed by atoms with Crippen molar-refractivity contribution in [1.82, 2.24) is 10.2 Å². The van der Waals surface area contributed by atoms with Crippen molar-refractivity contribution in [2.45, 2.75) is 50.5 Å². The number of alkyl halides is 2. The van der Waals surface area contributed by atoms with Gasteiger partial charge in [-0.15, -0.1) is 0 Å². The van der Waals surface area contributed by atoms with Gasteiger partial charge in [0.05, 0.1) is 6.04 Å². The van der Waals surface area contributed by atoms with Crippen LogP contribution in [0.25, 0.3) is 0 Å². The quantitative estimate of drug-likeness (QED) is 0.752. The molecule has 2 aliphatic heterocycles. The van der Waals surface area contributed by atoms with Gasteiger partial charge in [0, 0.05) is 19.5 Å². The normalized spacial score (nSPS) is 35.9. The number of rotatable bonds is 1. The van der Waals surface area contributed by atoms with Crippen LogP contribution in [0.2, 0.25) is 0 Å². The molecule has 3 unspecified atom stereocenters. The summed E-state index contributed by atoms with van der Waals surface area (Å²) in [5.41, 5.74) is 0. The van der Waals surface area contributed by atoms with Crippen molar-refractivity contribution in [3.05, 3.63) is 0 Å². The largest absolute Gasteiger partial charge is 0.329 e. The van der Waals surface area contributed by atoms with Gasteiger partial charge in [-0.25, -0.2) is 13.6 Å². The summed E-state index contributed by atoms with van der Waals surface area (Å²) in [6.07, 6.45) is 3.67. The van der Waals surface area contributed by atoms with Crippen LogP contribution in [-0.2, 0) is 0 Å². The topological polar surface area (TPSA) is 32.3 Å². The zero-order valence-electron chi connectivity index (χ0n) is 12.3. The van der Waals surface area contributed by atoms with E-state index in [4.69, 9.17) is 0 Å². The number of amides is 2. The minimum atomic E-state index is -2.76. The molecule has 0 aromatic rings. The molecule has 1 aliphatic carbocycles. The summed E-state index contributed by atoms with van der Waals surface area (Å²) in [7, 11) is 0. The molecule has 0 spiro atoms. The molecule has 3 fully saturated rings. The molecular weight excluding hydrogens is 294 g/mol. The van der Waals surface area contributed by atoms with E-state index in [-0.39, 0.29) is 12.5 Å². The van der Waals surface area contributed by atoms with Crippen LogP contribution in [0.5, 0.6) is 0 Å². The fourth-order valence-electron chi connectivity index (χ4n) is 3.82. The van der Waals surface area contributed by atoms with Crippen LogP contribution in [-0.4, -0.2) is 47.5 Å². The summed E-state index contributed by atoms with van der Waals surface area (Å²) in [6, 6.07) is -1.26. The molecule has 3 rings (SSSR count). The van der Waals surface area contributed by atoms with Gasteiger partial charge in [0.15, 0.2) is 0 Å². The Balaban J connectivity index is 1.60. The van der Waals surface area contributed by atoms with E-state index in [1.807, 2.05) is 11.8 Å². The first-order valence-electron chi connectivity index (χ1n) is 8.05. The number of hydrogen-bond donors (Lipinski definition) is 1. The molecule has 6 heteroatoms. The number of carbonyl (C=O) groups excluding carboxylic acids is 1. The van der Waals surface area contributed by atoms with Crippen molar-refractivity contribution in [1.29, 1.82) is 0 Å². The molecule has 3 atom stereocenters. The van der Waals surface area contributed by atoms with Crippen molar-refractivity contribution in [3.8, 4) is 0 Å². The third-order valence-corrected chi connectivity index (χ3v) is 6.34. The van der Waals surface area contributed by atoms with Crippen LogP contribution in [0, 0.1) is 11.8 Å². The Labute approximate surface area is 129 Å². The highest BCUT2D eigenvalue weighted by atomic mass is 32.2. The molecule has 2 heterocycles. The van der Waals surface area contributed by atoms with E-state index in [1.165, 1.54) is 6.42 Å². The molecule has 21 heavy (non-hydrogen) atoms. The number of halogens is 2. The monoisotopic (exact) mass is 318 g/mol. The van der Waals surface area contributed by atoms with Crippen LogP contribution in [0.3, 0.4) is 0 Å². The molecule has 3 aliphatic rings. The number of urea groups is 1. The molecule has 3 nitrogen and oxygen atoms in total. The summed E-state index contributed by atoms with van der Waals surface area (Å²) < 4.78 is 28.1. The van der Waals surface area contributed by atoms with Crippen LogP contribution < -0.4 is 5.32 Å². The van der Waals surface area contributed by atoms with Crippen molar-refractivity contribution >= 4 is 17.8 Å². The number of likely N-dealkylation sites (tertiary alicyclic amines) is 1. The van der Waals surface area contributed by atoms with E-state index in [0.29, 0.717) is 24.7 Å². The number of thioether (sulfide) groups is 1. The fraction of sp³-hybridized carbons (Fsp3) is 0.933. The lowest BCUT2D eigenvalue weighted by Crippen LogP contribution is -2.55. The minimum Gasteiger partial charge on any atom is -0.329 e. The Morgan fingerprint density at radius 2 is 1.86 bits per heavy atom. The van der Waals surface area contributed by atoms with E-state index in [2.05, 4.69) is 5.32 Å². The average molecular weight is 318 g/mol. The Morgan fingerprint density at radius 3 is 2.57 bits per heavy atom. The van der Waals surface area contributed by atoms with Crippen molar-refractivity contribution in [2.75, 3.05) is 24.6 Å². The lowest BCUT2D eigenvalue weighted by atomic mass is 9.91. The second kappa shape index (κ2) is 6.31. The van der Waals surface area contributed by atoms with Gasteiger partial charge in [0.1, 0.15) is 0 Å². The smallest absolute Gasteiger partial charge is 0.317 e. The maximum atomic E-state index is 14.1. The van der Waals surface area contributed by atoms with Crippen LogP contribution in [0.4, 0.5) is 13.6 Å². The average Bonchev–Trinajstić information content (AvgIpc) is 2.60. The molecular formula is C15H24F2N2OS. The number of hydrogen-bond acceptors (Lipinski definition) is 2. The molecule has 120 valence electrons. The van der Waals surface area contributed by atoms with E-state index in [0.717, 1.165) is 37.4 Å². The summed E-state index contributed by atoms with van der Waals surface area (Å²) in [6.45, 7) is 1.46. The van der Waals surface area contributed by atoms with Crippen LogP contribution >= 0.6 is 11.8 Å². The lowest BCUT2D eigenvalue weighted by molar-refractivity contribution is -0.0407. The second-order valence-electron chi connectivity index (χ2n) is 6.77. The van der Waals surface area contributed by atoms with Gasteiger partial charge >= 0.3 is 6.03 Å². The van der Waals surface area contributed by atoms with Crippen molar-refractivity contribution in [2.24, 2.45) is 11.8 Å². The van der Waals surface area contributed by atoms with Gasteiger partial charge in [-0.1, -0.05) is 12.8 Å². The second-order valence-corrected chi connectivity index (χ2v) is 7.85. The van der Waals surface area contributed by atoms with Gasteiger partial charge < -0.3 is 10.2 Å². The van der Waals surface area contributed by atoms with Gasteiger partial charge in [-0.05, 0) is 42.6 Å². The third-order valence-electron chi connectivity index (χ3n) is 4.93. The Hall–Kier alpha value is -0.520. The number of fused-ring (bicyclic) bond motifs is 2. The van der Waals surface area contributed by atoms with Gasteiger partial charge in [0.2, 0.25) is 0 Å². The number of piperidine rings is 1. The van der Waals surface area contributed by atoms with E-state index < -0.39 is 12.0 Å². The minimum absolute atomic E-state index is 0.0974. The number of nitrogens with one attached hydrogen (secondary N) is 1. The van der Waals surface area contributed by atoms with E-state index in [9.17, 15) is 13.6 Å². The zero-order valence-corrected chi connectivity index (χ0v) is 13.1. The van der Waals surface area contributed by atoms with E-state index in [1.54, 1.807) is 4.90 Å². The van der Waals surface area contributed by atoms with Gasteiger partial charge in [0.25, 0.3) is 5.92 Å². The fourth-order valence-corrected chi connectivity index (χ4v) is 5.10. The highest BCUT2D eigenvalue weighted by Crippen LogP contribution is 2.34. The van der Waals surface area contributed by atoms with Crippen molar-refractivity contribution < 1.29 is 13.6 Å². The number of nitrogens with zero attached hydrogens (tertiary/aromatic N) is 1. The summed E-state index contributed by atoms with van der Waals surface area (Å²) in [5, 5.41) is 2.64. The third kappa shape index (κ3) is 3.63. The van der Waals surface area contributed by atoms with E-state index >= 15 is 0 Å². The van der Waals surface area contributed by atoms with Gasteiger partial charge in [-0.3, -0.25) is 0 Å². The van der Waals surface area contributed by atoms with Crippen LogP contribution in [0.15, 0.2) is 0 Å². The summed E-state index contributed by atoms with van der Waals surface area (Å²) in [4.78, 5) is 14.1. The Kier molecular flexibility index (Phi) is 4.62. The van der Waals surface area contributed by atoms with Crippen molar-refractivity contribution in [3.63, 3.8) is 0 Å². The first-order chi connectivity index (χ1) is 10.0. The highest BCUT2D eigenvalue weighted by Gasteiger charge is 2.42. The molecule has 0 aromatic heterocycles. The predicted octanol–water partition coefficient (Wildman–Crippen LogP) is 3.35. The maximum absolute atomic E-state index is 14.1. The first kappa shape index (κ1) is 15.4. The van der Waals surface area contributed by atoms with Gasteiger partial charge in [-0.2, -0.15) is 11.8 Å². The first-order valence-corrected chi connectivity index (χ1v) is 9.21. The zero-order chi connectivity index (χ0) is 14.9. The molecule has 2 amide bonds. The maximum Gasteiger partial charge on any atom is 0.317 e. The SMILES string of the molecule is O=C(NC1CCCCCC1(F)F)N1CC2CSCC(C2)C1. The standard InChI is InChI=1S/C15H24F2N2OS/c16-15(17)5-3-1-2-4-13(15)18-14(20)19-7-11-6-12(8-19)10-21-9-11/h11-13H,1-10H2,(H,18,20). The Morgan fingerprint density at radius 1 is 1.14 bits per heavy atom. The molecule has 2 bridgehead atoms. The summed E-state index contributed by atoms with van der Waals surface area (Å²) >= 11 is 1.96. The predicted molar refractivity (Wildman–Crippen MR) is 80.8 cm³/mol. The molecule has 0 aromatic carbocycles. The number of carbonyl (C=O) groups is 1. The highest BCUT2D eigenvalue weighted by molar-refractivity contribution is 7.99. The van der Waals surface area contributed by atoms with Crippen LogP contribution in [0.1, 0.15) is 38.5 Å². The molecule has 1 saturated carbocycles.